The molecule has 0 saturated carbocycles. The Kier molecular flexibility index (Phi) is 7.67. The van der Waals surface area contributed by atoms with Crippen LogP contribution in [0.2, 0.25) is 0 Å². The first-order valence-corrected chi connectivity index (χ1v) is 11.1. The van der Waals surface area contributed by atoms with Gasteiger partial charge in [-0.3, -0.25) is 4.79 Å². The van der Waals surface area contributed by atoms with Gasteiger partial charge in [-0.25, -0.2) is 0 Å². The second kappa shape index (κ2) is 9.78. The summed E-state index contributed by atoms with van der Waals surface area (Å²) in [6.45, 7) is 7.99. The van der Waals surface area contributed by atoms with Crippen LogP contribution in [0.25, 0.3) is 0 Å². The number of carbonyl (C=O) groups excluding carboxylic acids is 1. The van der Waals surface area contributed by atoms with Gasteiger partial charge in [-0.2, -0.15) is 8.42 Å². The highest BCUT2D eigenvalue weighted by Gasteiger charge is 2.24. The molecule has 0 N–H and O–H groups in total. The van der Waals surface area contributed by atoms with Crippen molar-refractivity contribution in [3.63, 3.8) is 0 Å². The van der Waals surface area contributed by atoms with Crippen molar-refractivity contribution in [2.75, 3.05) is 7.11 Å². The number of para-hydroxylation sites is 1. The number of amides is 1. The van der Waals surface area contributed by atoms with E-state index in [9.17, 15) is 13.2 Å². The molecule has 29 heavy (non-hydrogen) atoms. The van der Waals surface area contributed by atoms with E-state index in [2.05, 4.69) is 0 Å². The van der Waals surface area contributed by atoms with Gasteiger partial charge in [-0.05, 0) is 43.7 Å². The van der Waals surface area contributed by atoms with Crippen molar-refractivity contribution in [2.24, 2.45) is 5.92 Å². The maximum absolute atomic E-state index is 12.7. The predicted octanol–water partition coefficient (Wildman–Crippen LogP) is 4.25. The highest BCUT2D eigenvalue weighted by atomic mass is 32.2. The van der Waals surface area contributed by atoms with Crippen LogP contribution in [0.15, 0.2) is 53.4 Å². The van der Waals surface area contributed by atoms with Gasteiger partial charge in [-0.1, -0.05) is 39.0 Å². The lowest BCUT2D eigenvalue weighted by molar-refractivity contribution is -0.137. The molecule has 0 aromatic heterocycles. The molecule has 0 bridgehead atoms. The van der Waals surface area contributed by atoms with Crippen molar-refractivity contribution in [1.29, 1.82) is 0 Å². The summed E-state index contributed by atoms with van der Waals surface area (Å²) in [5.74, 6) is 0.640. The molecule has 1 amide bonds. The fourth-order valence-corrected chi connectivity index (χ4v) is 3.78. The van der Waals surface area contributed by atoms with Gasteiger partial charge >= 0.3 is 10.1 Å². The summed E-state index contributed by atoms with van der Waals surface area (Å²) in [5, 5.41) is 0. The summed E-state index contributed by atoms with van der Waals surface area (Å²) in [7, 11) is -2.51. The van der Waals surface area contributed by atoms with Crippen LogP contribution in [-0.4, -0.2) is 32.4 Å². The van der Waals surface area contributed by atoms with Crippen molar-refractivity contribution in [2.45, 2.75) is 51.6 Å². The highest BCUT2D eigenvalue weighted by molar-refractivity contribution is 7.87. The first-order chi connectivity index (χ1) is 13.7. The van der Waals surface area contributed by atoms with Crippen molar-refractivity contribution in [1.82, 2.24) is 4.90 Å². The second-order valence-corrected chi connectivity index (χ2v) is 8.75. The number of ether oxygens (including phenoxy) is 1. The zero-order valence-electron chi connectivity index (χ0n) is 17.6. The Balaban J connectivity index is 2.32. The molecule has 2 aromatic carbocycles. The second-order valence-electron chi connectivity index (χ2n) is 7.20. The normalized spacial score (nSPS) is 12.5. The Hall–Kier alpha value is -2.54. The molecule has 2 aromatic rings. The number of rotatable bonds is 9. The first kappa shape index (κ1) is 22.7. The first-order valence-electron chi connectivity index (χ1n) is 9.66. The number of hydrogen-bond donors (Lipinski definition) is 0. The number of hydrogen-bond acceptors (Lipinski definition) is 5. The van der Waals surface area contributed by atoms with Crippen LogP contribution < -0.4 is 8.92 Å². The maximum Gasteiger partial charge on any atom is 0.339 e. The van der Waals surface area contributed by atoms with Gasteiger partial charge in [0.2, 0.25) is 5.91 Å². The minimum absolute atomic E-state index is 0.0205. The number of carbonyl (C=O) groups is 1. The quantitative estimate of drug-likeness (QED) is 0.568. The van der Waals surface area contributed by atoms with Crippen LogP contribution in [0.5, 0.6) is 11.5 Å². The van der Waals surface area contributed by atoms with Gasteiger partial charge in [-0.15, -0.1) is 0 Å². The molecule has 7 heteroatoms. The van der Waals surface area contributed by atoms with Gasteiger partial charge in [0.15, 0.2) is 0 Å². The lowest BCUT2D eigenvalue weighted by Crippen LogP contribution is -2.40. The smallest absolute Gasteiger partial charge is 0.339 e. The third-order valence-electron chi connectivity index (χ3n) is 4.76. The van der Waals surface area contributed by atoms with Gasteiger partial charge in [0.1, 0.15) is 16.4 Å². The highest BCUT2D eigenvalue weighted by Crippen LogP contribution is 2.26. The van der Waals surface area contributed by atoms with Crippen molar-refractivity contribution in [3.8, 4) is 11.5 Å². The molecule has 1 unspecified atom stereocenters. The van der Waals surface area contributed by atoms with Crippen LogP contribution >= 0.6 is 0 Å². The molecule has 158 valence electrons. The summed E-state index contributed by atoms with van der Waals surface area (Å²) >= 11 is 0. The Bertz CT molecular complexity index is 922. The fraction of sp³-hybridized carbons (Fsp3) is 0.409. The van der Waals surface area contributed by atoms with E-state index in [-0.39, 0.29) is 35.1 Å². The van der Waals surface area contributed by atoms with Crippen molar-refractivity contribution in [3.05, 3.63) is 54.1 Å². The van der Waals surface area contributed by atoms with Crippen LogP contribution in [-0.2, 0) is 21.5 Å². The van der Waals surface area contributed by atoms with Crippen LogP contribution in [0.4, 0.5) is 0 Å². The molecule has 0 heterocycles. The summed E-state index contributed by atoms with van der Waals surface area (Å²) in [6.07, 6.45) is 0.797. The Morgan fingerprint density at radius 1 is 1.03 bits per heavy atom. The minimum Gasteiger partial charge on any atom is -0.497 e. The zero-order chi connectivity index (χ0) is 21.6. The topological polar surface area (TPSA) is 72.9 Å². The average molecular weight is 420 g/mol. The molecule has 0 radical (unpaired) electrons. The predicted molar refractivity (Wildman–Crippen MR) is 112 cm³/mol. The summed E-state index contributed by atoms with van der Waals surface area (Å²) < 4.78 is 36.0. The molecule has 6 nitrogen and oxygen atoms in total. The van der Waals surface area contributed by atoms with E-state index in [0.29, 0.717) is 11.3 Å². The van der Waals surface area contributed by atoms with Crippen LogP contribution in [0.3, 0.4) is 0 Å². The van der Waals surface area contributed by atoms with Gasteiger partial charge in [0.05, 0.1) is 7.11 Å². The third-order valence-corrected chi connectivity index (χ3v) is 6.01. The summed E-state index contributed by atoms with van der Waals surface area (Å²) in [6, 6.07) is 12.9. The van der Waals surface area contributed by atoms with Crippen molar-refractivity contribution < 1.29 is 22.1 Å². The van der Waals surface area contributed by atoms with Crippen LogP contribution in [0, 0.1) is 5.92 Å². The lowest BCUT2D eigenvalue weighted by atomic mass is 10.1. The molecular weight excluding hydrogens is 390 g/mol. The Morgan fingerprint density at radius 2 is 1.66 bits per heavy atom. The number of nitrogens with zero attached hydrogens (tertiary/aromatic N) is 1. The largest absolute Gasteiger partial charge is 0.497 e. The van der Waals surface area contributed by atoms with E-state index in [1.807, 2.05) is 27.7 Å². The van der Waals surface area contributed by atoms with E-state index in [1.54, 1.807) is 41.3 Å². The van der Waals surface area contributed by atoms with E-state index in [0.717, 1.165) is 6.42 Å². The van der Waals surface area contributed by atoms with E-state index in [1.165, 1.54) is 19.2 Å². The Morgan fingerprint density at radius 3 is 2.21 bits per heavy atom. The molecule has 0 aliphatic rings. The number of methoxy groups -OCH3 is 1. The van der Waals surface area contributed by atoms with Crippen LogP contribution in [0.1, 0.15) is 39.7 Å². The molecule has 0 aliphatic heterocycles. The summed E-state index contributed by atoms with van der Waals surface area (Å²) in [5.41, 5.74) is 0.638. The van der Waals surface area contributed by atoms with Gasteiger partial charge in [0, 0.05) is 24.1 Å². The molecule has 2 rings (SSSR count). The molecule has 1 atom stereocenters. The lowest BCUT2D eigenvalue weighted by Gasteiger charge is -2.30. The Labute approximate surface area is 173 Å². The standard InChI is InChI=1S/C22H29NO5S/c1-6-17(4)23(22(24)16(2)3)15-18-9-7-8-10-21(18)28-29(25,26)20-13-11-19(27-5)12-14-20/h7-14,16-17H,6,15H2,1-5H3. The van der Waals surface area contributed by atoms with E-state index in [4.69, 9.17) is 8.92 Å². The molecule has 0 aliphatic carbocycles. The average Bonchev–Trinajstić information content (AvgIpc) is 2.71. The van der Waals surface area contributed by atoms with Crippen molar-refractivity contribution >= 4 is 16.0 Å². The SMILES string of the molecule is CCC(C)N(Cc1ccccc1OS(=O)(=O)c1ccc(OC)cc1)C(=O)C(C)C. The third kappa shape index (κ3) is 5.73. The van der Waals surface area contributed by atoms with Gasteiger partial charge < -0.3 is 13.8 Å². The molecular formula is C22H29NO5S. The van der Waals surface area contributed by atoms with Gasteiger partial charge in [0.25, 0.3) is 0 Å². The van der Waals surface area contributed by atoms with E-state index >= 15 is 0 Å². The fourth-order valence-electron chi connectivity index (χ4n) is 2.81. The zero-order valence-corrected chi connectivity index (χ0v) is 18.4. The maximum atomic E-state index is 12.7. The number of benzene rings is 2. The molecule has 0 spiro atoms. The van der Waals surface area contributed by atoms with E-state index < -0.39 is 10.1 Å². The monoisotopic (exact) mass is 419 g/mol. The summed E-state index contributed by atoms with van der Waals surface area (Å²) in [4.78, 5) is 14.5. The molecule has 0 saturated heterocycles. The minimum atomic E-state index is -4.02. The molecule has 0 fully saturated rings.